The van der Waals surface area contributed by atoms with Gasteiger partial charge in [0.2, 0.25) is 5.13 Å². The number of para-hydroxylation sites is 2. The zero-order valence-electron chi connectivity index (χ0n) is 9.78. The topological polar surface area (TPSA) is 98.7 Å². The van der Waals surface area contributed by atoms with E-state index >= 15 is 0 Å². The summed E-state index contributed by atoms with van der Waals surface area (Å²) in [5, 5.41) is 9.03. The summed E-state index contributed by atoms with van der Waals surface area (Å²) in [7, 11) is 0. The van der Waals surface area contributed by atoms with E-state index in [1.165, 1.54) is 17.5 Å². The molecule has 0 aliphatic heterocycles. The molecule has 0 aliphatic rings. The van der Waals surface area contributed by atoms with Crippen LogP contribution in [0.25, 0.3) is 11.0 Å². The van der Waals surface area contributed by atoms with E-state index in [2.05, 4.69) is 20.6 Å². The molecule has 2 aromatic heterocycles. The van der Waals surface area contributed by atoms with Gasteiger partial charge in [0.25, 0.3) is 5.56 Å². The number of nitrogens with zero attached hydrogens (tertiary/aromatic N) is 4. The van der Waals surface area contributed by atoms with Crippen LogP contribution in [0, 0.1) is 0 Å². The van der Waals surface area contributed by atoms with Gasteiger partial charge < -0.3 is 0 Å². The minimum Gasteiger partial charge on any atom is -0.298 e. The summed E-state index contributed by atoms with van der Waals surface area (Å²) in [5.41, 5.74) is 3.80. The zero-order valence-corrected chi connectivity index (χ0v) is 10.6. The van der Waals surface area contributed by atoms with Crippen molar-refractivity contribution >= 4 is 27.5 Å². The Labute approximate surface area is 111 Å². The zero-order chi connectivity index (χ0) is 13.2. The Bertz CT molecular complexity index is 780. The molecule has 2 heterocycles. The van der Waals surface area contributed by atoms with Gasteiger partial charge in [0.15, 0.2) is 0 Å². The van der Waals surface area contributed by atoms with E-state index in [1.54, 1.807) is 4.57 Å². The van der Waals surface area contributed by atoms with Crippen LogP contribution < -0.4 is 16.8 Å². The highest BCUT2D eigenvalue weighted by Gasteiger charge is 2.08. The third kappa shape index (κ3) is 2.18. The molecule has 96 valence electrons. The first kappa shape index (κ1) is 11.8. The number of aromatic nitrogens is 4. The Kier molecular flexibility index (Phi) is 2.94. The number of anilines is 1. The molecule has 0 spiro atoms. The average molecular weight is 274 g/mol. The van der Waals surface area contributed by atoms with Crippen molar-refractivity contribution in [2.45, 2.75) is 6.54 Å². The lowest BCUT2D eigenvalue weighted by Gasteiger charge is -2.06. The fraction of sp³-hybridized carbons (Fsp3) is 0.0909. The first-order valence-corrected chi connectivity index (χ1v) is 6.33. The molecule has 0 aliphatic carbocycles. The number of hydrogen-bond acceptors (Lipinski definition) is 7. The Hall–Kier alpha value is -2.32. The van der Waals surface area contributed by atoms with Gasteiger partial charge in [0.05, 0.1) is 23.8 Å². The lowest BCUT2D eigenvalue weighted by atomic mass is 10.3. The van der Waals surface area contributed by atoms with Gasteiger partial charge in [-0.05, 0) is 12.1 Å². The molecule has 1 aromatic carbocycles. The molecule has 0 radical (unpaired) electrons. The van der Waals surface area contributed by atoms with Crippen molar-refractivity contribution < 1.29 is 0 Å². The molecule has 0 saturated carbocycles. The van der Waals surface area contributed by atoms with Crippen molar-refractivity contribution in [3.8, 4) is 0 Å². The predicted octanol–water partition coefficient (Wildman–Crippen LogP) is 0.582. The summed E-state index contributed by atoms with van der Waals surface area (Å²) < 4.78 is 1.61. The molecule has 3 N–H and O–H groups in total. The number of nitrogens with one attached hydrogen (secondary N) is 1. The lowest BCUT2D eigenvalue weighted by Crippen LogP contribution is -2.20. The highest BCUT2D eigenvalue weighted by atomic mass is 32.1. The number of hydrazine groups is 1. The number of hydrogen-bond donors (Lipinski definition) is 2. The molecule has 7 nitrogen and oxygen atoms in total. The molecule has 0 fully saturated rings. The smallest absolute Gasteiger partial charge is 0.269 e. The number of benzene rings is 1. The van der Waals surface area contributed by atoms with Crippen molar-refractivity contribution in [3.05, 3.63) is 45.8 Å². The van der Waals surface area contributed by atoms with E-state index < -0.39 is 0 Å². The van der Waals surface area contributed by atoms with Crippen LogP contribution in [0.1, 0.15) is 5.01 Å². The minimum atomic E-state index is -0.170. The Morgan fingerprint density at radius 2 is 2.16 bits per heavy atom. The average Bonchev–Trinajstić information content (AvgIpc) is 2.90. The molecule has 3 rings (SSSR count). The van der Waals surface area contributed by atoms with Gasteiger partial charge in [0.1, 0.15) is 5.01 Å². The quantitative estimate of drug-likeness (QED) is 0.535. The molecule has 0 atom stereocenters. The molecule has 0 amide bonds. The maximum Gasteiger partial charge on any atom is 0.269 e. The summed E-state index contributed by atoms with van der Waals surface area (Å²) in [5.74, 6) is 5.26. The van der Waals surface area contributed by atoms with Crippen LogP contribution in [-0.2, 0) is 6.54 Å². The predicted molar refractivity (Wildman–Crippen MR) is 72.8 cm³/mol. The first-order valence-electron chi connectivity index (χ1n) is 5.51. The molecule has 8 heteroatoms. The van der Waals surface area contributed by atoms with Gasteiger partial charge in [-0.3, -0.25) is 14.8 Å². The van der Waals surface area contributed by atoms with E-state index in [1.807, 2.05) is 24.3 Å². The van der Waals surface area contributed by atoms with Crippen LogP contribution in [-0.4, -0.2) is 19.7 Å². The maximum absolute atomic E-state index is 11.9. The normalized spacial score (nSPS) is 10.8. The highest BCUT2D eigenvalue weighted by molar-refractivity contribution is 7.15. The molecule has 19 heavy (non-hydrogen) atoms. The third-order valence-electron chi connectivity index (χ3n) is 2.64. The summed E-state index contributed by atoms with van der Waals surface area (Å²) >= 11 is 1.31. The molecule has 3 aromatic rings. The summed E-state index contributed by atoms with van der Waals surface area (Å²) in [4.78, 5) is 16.0. The highest BCUT2D eigenvalue weighted by Crippen LogP contribution is 2.16. The van der Waals surface area contributed by atoms with Crippen molar-refractivity contribution in [3.63, 3.8) is 0 Å². The summed E-state index contributed by atoms with van der Waals surface area (Å²) in [6.45, 7) is 0.348. The van der Waals surface area contributed by atoms with Crippen LogP contribution in [0.4, 0.5) is 5.13 Å². The van der Waals surface area contributed by atoms with Crippen molar-refractivity contribution in [1.82, 2.24) is 19.7 Å². The SMILES string of the molecule is NNc1nnc(Cn2c(=O)cnc3ccccc32)s1. The van der Waals surface area contributed by atoms with Crippen molar-refractivity contribution in [2.75, 3.05) is 5.43 Å². The Morgan fingerprint density at radius 1 is 1.32 bits per heavy atom. The van der Waals surface area contributed by atoms with Gasteiger partial charge in [-0.1, -0.05) is 23.5 Å². The largest absolute Gasteiger partial charge is 0.298 e. The molecular formula is C11H10N6OS. The molecule has 0 bridgehead atoms. The van der Waals surface area contributed by atoms with Gasteiger partial charge >= 0.3 is 0 Å². The Balaban J connectivity index is 2.09. The maximum atomic E-state index is 11.9. The second-order valence-electron chi connectivity index (χ2n) is 3.82. The van der Waals surface area contributed by atoms with Gasteiger partial charge in [-0.2, -0.15) is 0 Å². The second kappa shape index (κ2) is 4.75. The van der Waals surface area contributed by atoms with Gasteiger partial charge in [0, 0.05) is 0 Å². The summed E-state index contributed by atoms with van der Waals surface area (Å²) in [6.07, 6.45) is 1.31. The van der Waals surface area contributed by atoms with E-state index in [0.717, 1.165) is 11.0 Å². The van der Waals surface area contributed by atoms with Crippen molar-refractivity contribution in [2.24, 2.45) is 5.84 Å². The van der Waals surface area contributed by atoms with Crippen LogP contribution in [0.3, 0.4) is 0 Å². The number of fused-ring (bicyclic) bond motifs is 1. The van der Waals surface area contributed by atoms with E-state index in [9.17, 15) is 4.79 Å². The molecule has 0 saturated heterocycles. The van der Waals surface area contributed by atoms with E-state index in [4.69, 9.17) is 5.84 Å². The lowest BCUT2D eigenvalue weighted by molar-refractivity contribution is 0.768. The molecular weight excluding hydrogens is 264 g/mol. The second-order valence-corrected chi connectivity index (χ2v) is 4.88. The van der Waals surface area contributed by atoms with Gasteiger partial charge in [-0.15, -0.1) is 10.2 Å². The minimum absolute atomic E-state index is 0.170. The molecule has 0 unspecified atom stereocenters. The number of rotatable bonds is 3. The third-order valence-corrected chi connectivity index (χ3v) is 3.48. The van der Waals surface area contributed by atoms with Crippen molar-refractivity contribution in [1.29, 1.82) is 0 Å². The number of nitrogen functional groups attached to an aromatic ring is 1. The van der Waals surface area contributed by atoms with E-state index in [-0.39, 0.29) is 5.56 Å². The Morgan fingerprint density at radius 3 is 2.95 bits per heavy atom. The fourth-order valence-corrected chi connectivity index (χ4v) is 2.43. The first-order chi connectivity index (χ1) is 9.28. The van der Waals surface area contributed by atoms with E-state index in [0.29, 0.717) is 16.7 Å². The van der Waals surface area contributed by atoms with Crippen LogP contribution in [0.2, 0.25) is 0 Å². The van der Waals surface area contributed by atoms with Crippen LogP contribution >= 0.6 is 11.3 Å². The van der Waals surface area contributed by atoms with Crippen LogP contribution in [0.5, 0.6) is 0 Å². The van der Waals surface area contributed by atoms with Gasteiger partial charge in [-0.25, -0.2) is 10.8 Å². The fourth-order valence-electron chi connectivity index (χ4n) is 1.79. The monoisotopic (exact) mass is 274 g/mol. The standard InChI is InChI=1S/C11H10N6OS/c12-14-11-16-15-9(19-11)6-17-8-4-2-1-3-7(8)13-5-10(17)18/h1-5H,6,12H2,(H,14,16). The number of nitrogens with two attached hydrogens (primary N) is 1. The summed E-state index contributed by atoms with van der Waals surface area (Å²) in [6, 6.07) is 7.46. The van der Waals surface area contributed by atoms with Crippen LogP contribution in [0.15, 0.2) is 35.3 Å².